The number of hydrogen-bond donors (Lipinski definition) is 0. The van der Waals surface area contributed by atoms with E-state index in [4.69, 9.17) is 4.52 Å². The summed E-state index contributed by atoms with van der Waals surface area (Å²) >= 11 is 0. The van der Waals surface area contributed by atoms with Crippen molar-refractivity contribution < 1.29 is 9.32 Å². The first kappa shape index (κ1) is 15.9. The van der Waals surface area contributed by atoms with Crippen molar-refractivity contribution in [3.63, 3.8) is 0 Å². The van der Waals surface area contributed by atoms with Crippen LogP contribution in [0, 0.1) is 0 Å². The minimum atomic E-state index is 0.0840. The normalized spacial score (nSPS) is 18.0. The molecule has 1 aliphatic heterocycles. The first-order chi connectivity index (χ1) is 12.2. The third kappa shape index (κ3) is 2.81. The molecule has 0 N–H and O–H groups in total. The Morgan fingerprint density at radius 2 is 2.24 bits per heavy atom. The van der Waals surface area contributed by atoms with Crippen LogP contribution in [0.4, 0.5) is 0 Å². The van der Waals surface area contributed by atoms with Crippen molar-refractivity contribution >= 4 is 16.8 Å². The second-order valence-corrected chi connectivity index (χ2v) is 6.66. The predicted octanol–water partition coefficient (Wildman–Crippen LogP) is 3.14. The molecule has 25 heavy (non-hydrogen) atoms. The highest BCUT2D eigenvalue weighted by Gasteiger charge is 2.29. The molecule has 0 aliphatic carbocycles. The summed E-state index contributed by atoms with van der Waals surface area (Å²) in [4.78, 5) is 19.5. The topological polar surface area (TPSA) is 64.2 Å². The minimum absolute atomic E-state index is 0.0840. The Morgan fingerprint density at radius 3 is 3.04 bits per heavy atom. The molecule has 3 aromatic rings. The highest BCUT2D eigenvalue weighted by molar-refractivity contribution is 6.06. The summed E-state index contributed by atoms with van der Waals surface area (Å²) in [6.07, 6.45) is 4.67. The summed E-state index contributed by atoms with van der Waals surface area (Å²) in [5.41, 5.74) is 1.84. The van der Waals surface area contributed by atoms with Crippen LogP contribution in [-0.4, -0.2) is 38.6 Å². The van der Waals surface area contributed by atoms with E-state index < -0.39 is 0 Å². The van der Waals surface area contributed by atoms with Gasteiger partial charge >= 0.3 is 0 Å². The lowest BCUT2D eigenvalue weighted by molar-refractivity contribution is 0.0705. The van der Waals surface area contributed by atoms with E-state index in [1.165, 1.54) is 0 Å². The summed E-state index contributed by atoms with van der Waals surface area (Å²) in [7, 11) is 2.00. The molecule has 0 radical (unpaired) electrons. The number of nitrogens with zero attached hydrogens (tertiary/aromatic N) is 4. The Kier molecular flexibility index (Phi) is 4.03. The number of likely N-dealkylation sites (tertiary alicyclic amines) is 1. The third-order valence-corrected chi connectivity index (χ3v) is 5.02. The number of hydrogen-bond acceptors (Lipinski definition) is 4. The Bertz CT molecular complexity index is 911. The van der Waals surface area contributed by atoms with Crippen molar-refractivity contribution in [2.45, 2.75) is 32.1 Å². The quantitative estimate of drug-likeness (QED) is 0.736. The molecule has 1 aliphatic rings. The van der Waals surface area contributed by atoms with Crippen molar-refractivity contribution in [3.05, 3.63) is 47.7 Å². The first-order valence-corrected chi connectivity index (χ1v) is 8.83. The minimum Gasteiger partial charge on any atom is -0.351 e. The lowest BCUT2D eigenvalue weighted by Crippen LogP contribution is -2.39. The van der Waals surface area contributed by atoms with Gasteiger partial charge in [-0.15, -0.1) is 0 Å². The number of carbonyl (C=O) groups is 1. The number of fused-ring (bicyclic) bond motifs is 1. The molecule has 0 unspecified atom stereocenters. The van der Waals surface area contributed by atoms with Crippen molar-refractivity contribution in [1.82, 2.24) is 19.6 Å². The number of aromatic nitrogens is 3. The summed E-state index contributed by atoms with van der Waals surface area (Å²) < 4.78 is 7.28. The Morgan fingerprint density at radius 1 is 1.36 bits per heavy atom. The van der Waals surface area contributed by atoms with E-state index in [9.17, 15) is 4.79 Å². The van der Waals surface area contributed by atoms with Gasteiger partial charge in [-0.1, -0.05) is 18.1 Å². The van der Waals surface area contributed by atoms with Gasteiger partial charge in [-0.05, 0) is 31.0 Å². The van der Waals surface area contributed by atoms with Gasteiger partial charge in [-0.25, -0.2) is 0 Å². The van der Waals surface area contributed by atoms with Crippen molar-refractivity contribution in [2.75, 3.05) is 13.1 Å². The molecule has 4 rings (SSSR count). The molecule has 130 valence electrons. The van der Waals surface area contributed by atoms with Crippen molar-refractivity contribution in [3.8, 4) is 0 Å². The van der Waals surface area contributed by atoms with E-state index in [0.29, 0.717) is 12.4 Å². The molecule has 6 heteroatoms. The summed E-state index contributed by atoms with van der Waals surface area (Å²) in [6.45, 7) is 3.41. The molecule has 0 spiro atoms. The van der Waals surface area contributed by atoms with Gasteiger partial charge in [0.05, 0.1) is 0 Å². The maximum Gasteiger partial charge on any atom is 0.254 e. The summed E-state index contributed by atoms with van der Waals surface area (Å²) in [5.74, 6) is 1.62. The SMILES string of the molecule is CCc1nc([C@H]2CCCN(C(=O)c3cccc4c3ccn4C)C2)no1. The average molecular weight is 338 g/mol. The summed E-state index contributed by atoms with van der Waals surface area (Å²) in [6, 6.07) is 7.91. The molecule has 1 saturated heterocycles. The van der Waals surface area contributed by atoms with Gasteiger partial charge in [0.25, 0.3) is 5.91 Å². The number of amides is 1. The van der Waals surface area contributed by atoms with Crippen LogP contribution in [0.3, 0.4) is 0 Å². The van der Waals surface area contributed by atoms with Gasteiger partial charge in [0.2, 0.25) is 5.89 Å². The number of rotatable bonds is 3. The van der Waals surface area contributed by atoms with Crippen LogP contribution in [0.25, 0.3) is 10.9 Å². The molecule has 3 heterocycles. The fourth-order valence-electron chi connectivity index (χ4n) is 3.61. The predicted molar refractivity (Wildman–Crippen MR) is 94.5 cm³/mol. The van der Waals surface area contributed by atoms with Crippen LogP contribution in [0.1, 0.15) is 47.8 Å². The molecular weight excluding hydrogens is 316 g/mol. The maximum absolute atomic E-state index is 13.1. The average Bonchev–Trinajstić information content (AvgIpc) is 3.28. The lowest BCUT2D eigenvalue weighted by atomic mass is 9.96. The lowest BCUT2D eigenvalue weighted by Gasteiger charge is -2.31. The Hall–Kier alpha value is -2.63. The van der Waals surface area contributed by atoms with Crippen LogP contribution in [0.5, 0.6) is 0 Å². The monoisotopic (exact) mass is 338 g/mol. The van der Waals surface area contributed by atoms with Crippen molar-refractivity contribution in [2.24, 2.45) is 7.05 Å². The van der Waals surface area contributed by atoms with Gasteiger partial charge in [-0.2, -0.15) is 4.98 Å². The number of benzene rings is 1. The van der Waals surface area contributed by atoms with Crippen LogP contribution < -0.4 is 0 Å². The number of piperidine rings is 1. The van der Waals surface area contributed by atoms with Gasteiger partial charge in [0.15, 0.2) is 5.82 Å². The van der Waals surface area contributed by atoms with E-state index in [1.807, 2.05) is 53.9 Å². The highest BCUT2D eigenvalue weighted by Crippen LogP contribution is 2.28. The highest BCUT2D eigenvalue weighted by atomic mass is 16.5. The van der Waals surface area contributed by atoms with Gasteiger partial charge in [0.1, 0.15) is 0 Å². The molecule has 0 saturated carbocycles. The van der Waals surface area contributed by atoms with E-state index in [-0.39, 0.29) is 11.8 Å². The zero-order chi connectivity index (χ0) is 17.4. The van der Waals surface area contributed by atoms with Gasteiger partial charge in [0, 0.05) is 55.1 Å². The standard InChI is InChI=1S/C19H22N4O2/c1-3-17-20-18(21-25-17)13-6-5-10-23(12-13)19(24)15-7-4-8-16-14(15)9-11-22(16)2/h4,7-9,11,13H,3,5-6,10,12H2,1-2H3/t13-/m0/s1. The zero-order valence-electron chi connectivity index (χ0n) is 14.6. The van der Waals surface area contributed by atoms with Crippen LogP contribution >= 0.6 is 0 Å². The fourth-order valence-corrected chi connectivity index (χ4v) is 3.61. The molecule has 6 nitrogen and oxygen atoms in total. The van der Waals surface area contributed by atoms with Crippen LogP contribution in [0.15, 0.2) is 35.0 Å². The van der Waals surface area contributed by atoms with E-state index in [0.717, 1.165) is 48.1 Å². The Labute approximate surface area is 146 Å². The van der Waals surface area contributed by atoms with Crippen molar-refractivity contribution in [1.29, 1.82) is 0 Å². The molecule has 0 bridgehead atoms. The number of aryl methyl sites for hydroxylation is 2. The molecule has 1 amide bonds. The maximum atomic E-state index is 13.1. The van der Waals surface area contributed by atoms with E-state index in [2.05, 4.69) is 10.1 Å². The van der Waals surface area contributed by atoms with E-state index in [1.54, 1.807) is 0 Å². The second-order valence-electron chi connectivity index (χ2n) is 6.66. The smallest absolute Gasteiger partial charge is 0.254 e. The van der Waals surface area contributed by atoms with Gasteiger partial charge in [-0.3, -0.25) is 4.79 Å². The summed E-state index contributed by atoms with van der Waals surface area (Å²) in [5, 5.41) is 5.11. The fraction of sp³-hybridized carbons (Fsp3) is 0.421. The van der Waals surface area contributed by atoms with Gasteiger partial charge < -0.3 is 14.0 Å². The largest absolute Gasteiger partial charge is 0.351 e. The Balaban J connectivity index is 1.59. The molecule has 1 fully saturated rings. The van der Waals surface area contributed by atoms with E-state index >= 15 is 0 Å². The second kappa shape index (κ2) is 6.35. The van der Waals surface area contributed by atoms with Crippen LogP contribution in [-0.2, 0) is 13.5 Å². The third-order valence-electron chi connectivity index (χ3n) is 5.02. The number of carbonyl (C=O) groups excluding carboxylic acids is 1. The molecular formula is C19H22N4O2. The van der Waals surface area contributed by atoms with Crippen LogP contribution in [0.2, 0.25) is 0 Å². The molecule has 1 atom stereocenters. The zero-order valence-corrected chi connectivity index (χ0v) is 14.6. The first-order valence-electron chi connectivity index (χ1n) is 8.83. The molecule has 1 aromatic carbocycles. The molecule has 2 aromatic heterocycles.